The van der Waals surface area contributed by atoms with Crippen molar-refractivity contribution >= 4 is 16.2 Å². The highest BCUT2D eigenvalue weighted by Crippen LogP contribution is 2.41. The van der Waals surface area contributed by atoms with Crippen molar-refractivity contribution in [3.8, 4) is 0 Å². The predicted molar refractivity (Wildman–Crippen MR) is 105 cm³/mol. The Morgan fingerprint density at radius 1 is 1.19 bits per heavy atom. The SMILES string of the molecule is Cc1ccc(S(=O)(=O)OC[C@H]2C[C@H]3COC(=O)N[C@@]3(c3ccc(F)cc3F)CO2)cc1. The van der Waals surface area contributed by atoms with Gasteiger partial charge in [0.05, 0.1) is 30.8 Å². The first-order chi connectivity index (χ1) is 14.7. The molecule has 31 heavy (non-hydrogen) atoms. The van der Waals surface area contributed by atoms with E-state index < -0.39 is 45.4 Å². The Balaban J connectivity index is 1.50. The topological polar surface area (TPSA) is 90.9 Å². The largest absolute Gasteiger partial charge is 0.449 e. The first-order valence-electron chi connectivity index (χ1n) is 9.68. The van der Waals surface area contributed by atoms with Crippen molar-refractivity contribution in [2.24, 2.45) is 5.92 Å². The van der Waals surface area contributed by atoms with Crippen molar-refractivity contribution < 1.29 is 35.6 Å². The van der Waals surface area contributed by atoms with Gasteiger partial charge in [0.1, 0.15) is 17.2 Å². The van der Waals surface area contributed by atoms with Gasteiger partial charge < -0.3 is 14.8 Å². The number of amides is 1. The molecule has 10 heteroatoms. The van der Waals surface area contributed by atoms with E-state index in [-0.39, 0.29) is 36.7 Å². The molecule has 2 aromatic carbocycles. The zero-order chi connectivity index (χ0) is 22.2. The standard InChI is InChI=1S/C21H21F2NO6S/c1-13-2-5-17(6-3-13)31(26,27)30-11-16-8-14-10-28-20(25)24-21(14,12-29-16)18-7-4-15(22)9-19(18)23/h2-7,9,14,16H,8,10-12H2,1H3,(H,24,25)/t14-,16+,21-/m0/s1. The lowest BCUT2D eigenvalue weighted by molar-refractivity contribution is -0.114. The van der Waals surface area contributed by atoms with E-state index in [0.29, 0.717) is 0 Å². The van der Waals surface area contributed by atoms with E-state index in [4.69, 9.17) is 13.7 Å². The van der Waals surface area contributed by atoms with Crippen LogP contribution in [0, 0.1) is 24.5 Å². The number of alkyl carbamates (subject to hydrolysis) is 1. The smallest absolute Gasteiger partial charge is 0.407 e. The van der Waals surface area contributed by atoms with Gasteiger partial charge in [-0.25, -0.2) is 13.6 Å². The molecule has 0 saturated carbocycles. The van der Waals surface area contributed by atoms with Gasteiger partial charge in [-0.3, -0.25) is 4.18 Å². The number of fused-ring (bicyclic) bond motifs is 1. The molecular formula is C21H21F2NO6S. The van der Waals surface area contributed by atoms with Gasteiger partial charge in [-0.05, 0) is 31.5 Å². The molecule has 7 nitrogen and oxygen atoms in total. The molecule has 0 radical (unpaired) electrons. The molecule has 0 unspecified atom stereocenters. The highest BCUT2D eigenvalue weighted by molar-refractivity contribution is 7.86. The van der Waals surface area contributed by atoms with Crippen molar-refractivity contribution in [3.63, 3.8) is 0 Å². The minimum Gasteiger partial charge on any atom is -0.449 e. The first-order valence-corrected chi connectivity index (χ1v) is 11.1. The van der Waals surface area contributed by atoms with Crippen LogP contribution in [0.3, 0.4) is 0 Å². The van der Waals surface area contributed by atoms with Crippen LogP contribution in [0.15, 0.2) is 47.4 Å². The monoisotopic (exact) mass is 453 g/mol. The van der Waals surface area contributed by atoms with Crippen LogP contribution in [0.25, 0.3) is 0 Å². The number of nitrogens with one attached hydrogen (secondary N) is 1. The number of rotatable bonds is 5. The van der Waals surface area contributed by atoms with E-state index in [2.05, 4.69) is 5.32 Å². The number of aryl methyl sites for hydroxylation is 1. The van der Waals surface area contributed by atoms with Gasteiger partial charge in [-0.2, -0.15) is 8.42 Å². The lowest BCUT2D eigenvalue weighted by Gasteiger charge is -2.48. The zero-order valence-corrected chi connectivity index (χ0v) is 17.5. The summed E-state index contributed by atoms with van der Waals surface area (Å²) in [5.74, 6) is -1.99. The maximum Gasteiger partial charge on any atom is 0.407 e. The lowest BCUT2D eigenvalue weighted by Crippen LogP contribution is -2.63. The Kier molecular flexibility index (Phi) is 5.71. The van der Waals surface area contributed by atoms with Crippen molar-refractivity contribution in [2.45, 2.75) is 29.9 Å². The van der Waals surface area contributed by atoms with Crippen LogP contribution in [-0.4, -0.2) is 40.4 Å². The molecule has 0 aliphatic carbocycles. The number of hydrogen-bond donors (Lipinski definition) is 1. The first kappa shape index (κ1) is 21.7. The summed E-state index contributed by atoms with van der Waals surface area (Å²) in [6.07, 6.45) is -1.12. The van der Waals surface area contributed by atoms with Crippen LogP contribution >= 0.6 is 0 Å². The van der Waals surface area contributed by atoms with Crippen molar-refractivity contribution in [3.05, 3.63) is 65.2 Å². The maximum atomic E-state index is 14.6. The Morgan fingerprint density at radius 3 is 2.65 bits per heavy atom. The van der Waals surface area contributed by atoms with Crippen LogP contribution in [-0.2, 0) is 29.3 Å². The molecule has 1 N–H and O–H groups in total. The Morgan fingerprint density at radius 2 is 1.94 bits per heavy atom. The highest BCUT2D eigenvalue weighted by Gasteiger charge is 2.51. The van der Waals surface area contributed by atoms with Gasteiger partial charge in [0, 0.05) is 17.5 Å². The van der Waals surface area contributed by atoms with E-state index in [1.54, 1.807) is 12.1 Å². The highest BCUT2D eigenvalue weighted by atomic mass is 32.2. The summed E-state index contributed by atoms with van der Waals surface area (Å²) in [5.41, 5.74) is -0.250. The lowest BCUT2D eigenvalue weighted by atomic mass is 9.73. The van der Waals surface area contributed by atoms with E-state index in [1.165, 1.54) is 18.2 Å². The van der Waals surface area contributed by atoms with Crippen LogP contribution in [0.4, 0.5) is 13.6 Å². The molecule has 2 aliphatic rings. The van der Waals surface area contributed by atoms with E-state index in [1.807, 2.05) is 6.92 Å². The fourth-order valence-electron chi connectivity index (χ4n) is 3.97. The second kappa shape index (κ2) is 8.18. The summed E-state index contributed by atoms with van der Waals surface area (Å²) in [7, 11) is -3.98. The van der Waals surface area contributed by atoms with Crippen molar-refractivity contribution in [1.82, 2.24) is 5.32 Å². The van der Waals surface area contributed by atoms with E-state index in [9.17, 15) is 22.0 Å². The Labute approximate surface area is 178 Å². The molecule has 0 bridgehead atoms. The molecule has 166 valence electrons. The number of carbonyl (C=O) groups excluding carboxylic acids is 1. The molecular weight excluding hydrogens is 432 g/mol. The summed E-state index contributed by atoms with van der Waals surface area (Å²) in [4.78, 5) is 11.9. The molecule has 0 aromatic heterocycles. The molecule has 3 atom stereocenters. The minimum atomic E-state index is -3.98. The molecule has 1 amide bonds. The molecule has 2 aromatic rings. The predicted octanol–water partition coefficient (Wildman–Crippen LogP) is 3.02. The summed E-state index contributed by atoms with van der Waals surface area (Å²) in [6.45, 7) is 1.43. The number of benzene rings is 2. The fourth-order valence-corrected chi connectivity index (χ4v) is 4.90. The third-order valence-corrected chi connectivity index (χ3v) is 6.96. The minimum absolute atomic E-state index is 0.0206. The molecule has 2 fully saturated rings. The summed E-state index contributed by atoms with van der Waals surface area (Å²) >= 11 is 0. The van der Waals surface area contributed by atoms with Gasteiger partial charge in [0.15, 0.2) is 0 Å². The van der Waals surface area contributed by atoms with Crippen molar-refractivity contribution in [2.75, 3.05) is 19.8 Å². The average molecular weight is 453 g/mol. The summed E-state index contributed by atoms with van der Waals surface area (Å²) in [5, 5.41) is 2.62. The summed E-state index contributed by atoms with van der Waals surface area (Å²) in [6, 6.07) is 9.37. The number of halogens is 2. The molecule has 2 aliphatic heterocycles. The fraction of sp³-hybridized carbons (Fsp3) is 0.381. The number of carbonyl (C=O) groups is 1. The molecule has 4 rings (SSSR count). The van der Waals surface area contributed by atoms with E-state index >= 15 is 0 Å². The third-order valence-electron chi connectivity index (χ3n) is 5.66. The van der Waals surface area contributed by atoms with Crippen LogP contribution in [0.5, 0.6) is 0 Å². The van der Waals surface area contributed by atoms with Gasteiger partial charge >= 0.3 is 6.09 Å². The Bertz CT molecular complexity index is 1090. The zero-order valence-electron chi connectivity index (χ0n) is 16.6. The second-order valence-corrected chi connectivity index (χ2v) is 9.35. The van der Waals surface area contributed by atoms with Crippen molar-refractivity contribution in [1.29, 1.82) is 0 Å². The Hall–Kier alpha value is -2.56. The van der Waals surface area contributed by atoms with E-state index in [0.717, 1.165) is 17.7 Å². The number of hydrogen-bond acceptors (Lipinski definition) is 6. The maximum absolute atomic E-state index is 14.6. The van der Waals surface area contributed by atoms with Crippen LogP contribution in [0.2, 0.25) is 0 Å². The summed E-state index contributed by atoms with van der Waals surface area (Å²) < 4.78 is 68.8. The van der Waals surface area contributed by atoms with Gasteiger partial charge in [-0.1, -0.05) is 23.8 Å². The van der Waals surface area contributed by atoms with Gasteiger partial charge in [0.25, 0.3) is 10.1 Å². The number of ether oxygens (including phenoxy) is 2. The quantitative estimate of drug-likeness (QED) is 0.700. The molecule has 2 heterocycles. The normalized spacial score (nSPS) is 26.0. The molecule has 0 spiro atoms. The van der Waals surface area contributed by atoms with Gasteiger partial charge in [0.2, 0.25) is 0 Å². The molecule has 2 saturated heterocycles. The van der Waals surface area contributed by atoms with Crippen LogP contribution < -0.4 is 5.32 Å². The third kappa shape index (κ3) is 4.28. The van der Waals surface area contributed by atoms with Gasteiger partial charge in [-0.15, -0.1) is 0 Å². The van der Waals surface area contributed by atoms with Crippen LogP contribution in [0.1, 0.15) is 17.5 Å². The average Bonchev–Trinajstić information content (AvgIpc) is 2.72. The second-order valence-electron chi connectivity index (χ2n) is 7.74. The number of cyclic esters (lactones) is 1.